The van der Waals surface area contributed by atoms with Crippen molar-refractivity contribution in [3.8, 4) is 0 Å². The maximum absolute atomic E-state index is 13.9. The molecule has 1 N–H and O–H groups in total. The minimum atomic E-state index is -0.302. The van der Waals surface area contributed by atoms with Gasteiger partial charge >= 0.3 is 0 Å². The fraction of sp³-hybridized carbons (Fsp3) is 0.692. The molecule has 0 saturated heterocycles. The third-order valence-corrected chi connectivity index (χ3v) is 3.47. The minimum Gasteiger partial charge on any atom is -0.354 e. The SMILES string of the molecule is CCNc1ncc(F)c(N(CC2CC2)C2CC2)n1. The number of anilines is 2. The lowest BCUT2D eigenvalue weighted by Gasteiger charge is -2.24. The van der Waals surface area contributed by atoms with E-state index < -0.39 is 0 Å². The molecule has 0 radical (unpaired) electrons. The van der Waals surface area contributed by atoms with E-state index >= 15 is 0 Å². The van der Waals surface area contributed by atoms with E-state index in [1.54, 1.807) is 0 Å². The van der Waals surface area contributed by atoms with Crippen molar-refractivity contribution in [3.63, 3.8) is 0 Å². The lowest BCUT2D eigenvalue weighted by Crippen LogP contribution is -2.30. The predicted octanol–water partition coefficient (Wildman–Crippen LogP) is 2.43. The standard InChI is InChI=1S/C13H19FN4/c1-2-15-13-16-7-11(14)12(17-13)18(10-5-6-10)8-9-3-4-9/h7,9-10H,2-6,8H2,1H3,(H,15,16,17). The number of aromatic nitrogens is 2. The highest BCUT2D eigenvalue weighted by Crippen LogP contribution is 2.37. The quantitative estimate of drug-likeness (QED) is 0.842. The Bertz CT molecular complexity index is 429. The van der Waals surface area contributed by atoms with Gasteiger partial charge in [-0.15, -0.1) is 0 Å². The molecule has 0 unspecified atom stereocenters. The molecule has 0 atom stereocenters. The molecule has 2 saturated carbocycles. The normalized spacial score (nSPS) is 18.8. The van der Waals surface area contributed by atoms with Crippen molar-refractivity contribution in [2.45, 2.75) is 38.6 Å². The summed E-state index contributed by atoms with van der Waals surface area (Å²) in [6.45, 7) is 3.68. The van der Waals surface area contributed by atoms with Crippen molar-refractivity contribution >= 4 is 11.8 Å². The first-order valence-corrected chi connectivity index (χ1v) is 6.81. The second kappa shape index (κ2) is 4.71. The van der Waals surface area contributed by atoms with Gasteiger partial charge in [-0.2, -0.15) is 4.98 Å². The Hall–Kier alpha value is -1.39. The molecule has 0 bridgehead atoms. The Morgan fingerprint density at radius 2 is 2.17 bits per heavy atom. The van der Waals surface area contributed by atoms with Gasteiger partial charge in [0.05, 0.1) is 6.20 Å². The second-order valence-corrected chi connectivity index (χ2v) is 5.22. The van der Waals surface area contributed by atoms with Gasteiger partial charge in [-0.1, -0.05) is 0 Å². The maximum atomic E-state index is 13.9. The van der Waals surface area contributed by atoms with Crippen molar-refractivity contribution in [3.05, 3.63) is 12.0 Å². The first-order chi connectivity index (χ1) is 8.78. The molecule has 2 fully saturated rings. The number of rotatable bonds is 6. The first kappa shape index (κ1) is 11.7. The summed E-state index contributed by atoms with van der Waals surface area (Å²) in [4.78, 5) is 10.4. The van der Waals surface area contributed by atoms with Crippen LogP contribution in [0.2, 0.25) is 0 Å². The summed E-state index contributed by atoms with van der Waals surface area (Å²) in [6.07, 6.45) is 6.15. The monoisotopic (exact) mass is 250 g/mol. The van der Waals surface area contributed by atoms with Crippen LogP contribution in [0.5, 0.6) is 0 Å². The third-order valence-electron chi connectivity index (χ3n) is 3.47. The average molecular weight is 250 g/mol. The summed E-state index contributed by atoms with van der Waals surface area (Å²) in [5.74, 6) is 1.44. The molecule has 0 aromatic carbocycles. The smallest absolute Gasteiger partial charge is 0.224 e. The van der Waals surface area contributed by atoms with Crippen molar-refractivity contribution in [1.82, 2.24) is 9.97 Å². The van der Waals surface area contributed by atoms with Crippen molar-refractivity contribution in [2.24, 2.45) is 5.92 Å². The molecule has 1 aromatic heterocycles. The van der Waals surface area contributed by atoms with Gasteiger partial charge in [-0.05, 0) is 38.5 Å². The highest BCUT2D eigenvalue weighted by molar-refractivity contribution is 5.46. The zero-order chi connectivity index (χ0) is 12.5. The van der Waals surface area contributed by atoms with Gasteiger partial charge in [-0.3, -0.25) is 0 Å². The Kier molecular flexibility index (Phi) is 3.06. The van der Waals surface area contributed by atoms with Gasteiger partial charge in [0.2, 0.25) is 5.95 Å². The molecule has 1 aromatic rings. The van der Waals surface area contributed by atoms with E-state index in [4.69, 9.17) is 0 Å². The third kappa shape index (κ3) is 2.54. The number of hydrogen-bond donors (Lipinski definition) is 1. The lowest BCUT2D eigenvalue weighted by atomic mass is 10.3. The minimum absolute atomic E-state index is 0.302. The van der Waals surface area contributed by atoms with Crippen LogP contribution in [0.4, 0.5) is 16.2 Å². The number of halogens is 1. The highest BCUT2D eigenvalue weighted by Gasteiger charge is 2.35. The van der Waals surface area contributed by atoms with E-state index in [-0.39, 0.29) is 5.82 Å². The van der Waals surface area contributed by atoms with Crippen LogP contribution < -0.4 is 10.2 Å². The maximum Gasteiger partial charge on any atom is 0.224 e. The average Bonchev–Trinajstić information content (AvgIpc) is 3.23. The van der Waals surface area contributed by atoms with E-state index in [1.807, 2.05) is 6.92 Å². The zero-order valence-electron chi connectivity index (χ0n) is 10.7. The van der Waals surface area contributed by atoms with Crippen LogP contribution >= 0.6 is 0 Å². The summed E-state index contributed by atoms with van der Waals surface area (Å²) in [5, 5.41) is 3.04. The fourth-order valence-electron chi connectivity index (χ4n) is 2.18. The molecule has 4 nitrogen and oxygen atoms in total. The molecular weight excluding hydrogens is 231 g/mol. The Morgan fingerprint density at radius 3 is 2.78 bits per heavy atom. The van der Waals surface area contributed by atoms with Gasteiger partial charge in [-0.25, -0.2) is 9.37 Å². The summed E-state index contributed by atoms with van der Waals surface area (Å²) in [6, 6.07) is 0.490. The molecule has 2 aliphatic rings. The zero-order valence-corrected chi connectivity index (χ0v) is 10.7. The van der Waals surface area contributed by atoms with Crippen LogP contribution in [0.25, 0.3) is 0 Å². The number of nitrogens with zero attached hydrogens (tertiary/aromatic N) is 3. The van der Waals surface area contributed by atoms with Gasteiger partial charge in [0.25, 0.3) is 0 Å². The second-order valence-electron chi connectivity index (χ2n) is 5.22. The van der Waals surface area contributed by atoms with Gasteiger partial charge < -0.3 is 10.2 Å². The molecular formula is C13H19FN4. The van der Waals surface area contributed by atoms with Crippen LogP contribution in [0.15, 0.2) is 6.20 Å². The van der Waals surface area contributed by atoms with Crippen molar-refractivity contribution in [2.75, 3.05) is 23.3 Å². The summed E-state index contributed by atoms with van der Waals surface area (Å²) in [5.41, 5.74) is 0. The van der Waals surface area contributed by atoms with Crippen molar-refractivity contribution < 1.29 is 4.39 Å². The van der Waals surface area contributed by atoms with E-state index in [2.05, 4.69) is 20.2 Å². The van der Waals surface area contributed by atoms with Crippen molar-refractivity contribution in [1.29, 1.82) is 0 Å². The molecule has 2 aliphatic carbocycles. The van der Waals surface area contributed by atoms with Gasteiger partial charge in [0.15, 0.2) is 11.6 Å². The predicted molar refractivity (Wildman–Crippen MR) is 69.2 cm³/mol. The van der Waals surface area contributed by atoms with Crippen LogP contribution in [0.3, 0.4) is 0 Å². The molecule has 1 heterocycles. The number of hydrogen-bond acceptors (Lipinski definition) is 4. The van der Waals surface area contributed by atoms with Gasteiger partial charge in [0, 0.05) is 19.1 Å². The fourth-order valence-corrected chi connectivity index (χ4v) is 2.18. The Labute approximate surface area is 107 Å². The Morgan fingerprint density at radius 1 is 1.39 bits per heavy atom. The topological polar surface area (TPSA) is 41.1 Å². The first-order valence-electron chi connectivity index (χ1n) is 6.81. The molecule has 0 spiro atoms. The van der Waals surface area contributed by atoms with Crippen LogP contribution in [0, 0.1) is 11.7 Å². The van der Waals surface area contributed by atoms with Crippen LogP contribution in [-0.2, 0) is 0 Å². The molecule has 5 heteroatoms. The molecule has 0 aliphatic heterocycles. The molecule has 3 rings (SSSR count). The molecule has 18 heavy (non-hydrogen) atoms. The molecule has 0 amide bonds. The largest absolute Gasteiger partial charge is 0.354 e. The molecule has 98 valence electrons. The van der Waals surface area contributed by atoms with E-state index in [1.165, 1.54) is 19.0 Å². The van der Waals surface area contributed by atoms with Gasteiger partial charge in [0.1, 0.15) is 0 Å². The van der Waals surface area contributed by atoms with Crippen LogP contribution in [-0.4, -0.2) is 29.1 Å². The summed E-state index contributed by atoms with van der Waals surface area (Å²) >= 11 is 0. The highest BCUT2D eigenvalue weighted by atomic mass is 19.1. The summed E-state index contributed by atoms with van der Waals surface area (Å²) < 4.78 is 13.9. The van der Waals surface area contributed by atoms with Crippen LogP contribution in [0.1, 0.15) is 32.6 Å². The lowest BCUT2D eigenvalue weighted by molar-refractivity contribution is 0.593. The Balaban J connectivity index is 1.83. The number of nitrogens with one attached hydrogen (secondary N) is 1. The summed E-state index contributed by atoms with van der Waals surface area (Å²) in [7, 11) is 0. The van der Waals surface area contributed by atoms with E-state index in [0.29, 0.717) is 17.8 Å². The van der Waals surface area contributed by atoms with E-state index in [9.17, 15) is 4.39 Å². The van der Waals surface area contributed by atoms with E-state index in [0.717, 1.165) is 31.8 Å².